The minimum atomic E-state index is -1.01. The van der Waals surface area contributed by atoms with Gasteiger partial charge >= 0.3 is 13.1 Å². The molecule has 1 aliphatic heterocycles. The maximum Gasteiger partial charge on any atom is 0.494 e. The van der Waals surface area contributed by atoms with Crippen LogP contribution in [0.2, 0.25) is 0 Å². The zero-order valence-electron chi connectivity index (χ0n) is 15.8. The first-order chi connectivity index (χ1) is 12.6. The Hall–Kier alpha value is -2.44. The summed E-state index contributed by atoms with van der Waals surface area (Å²) in [5.41, 5.74) is 0.969. The Morgan fingerprint density at radius 3 is 2.15 bits per heavy atom. The maximum atomic E-state index is 14.7. The summed E-state index contributed by atoms with van der Waals surface area (Å²) < 4.78 is 26.8. The highest BCUT2D eigenvalue weighted by Gasteiger charge is 2.51. The van der Waals surface area contributed by atoms with E-state index in [9.17, 15) is 9.18 Å². The molecular formula is C21H22BFO4. The van der Waals surface area contributed by atoms with Gasteiger partial charge in [-0.15, -0.1) is 0 Å². The van der Waals surface area contributed by atoms with Crippen LogP contribution in [0.5, 0.6) is 0 Å². The first-order valence-electron chi connectivity index (χ1n) is 8.76. The molecule has 2 aromatic carbocycles. The maximum absolute atomic E-state index is 14.7. The van der Waals surface area contributed by atoms with Gasteiger partial charge in [-0.25, -0.2) is 9.18 Å². The van der Waals surface area contributed by atoms with Gasteiger partial charge in [-0.2, -0.15) is 0 Å². The normalized spacial score (nSPS) is 18.6. The van der Waals surface area contributed by atoms with Crippen molar-refractivity contribution in [2.75, 3.05) is 0 Å². The quantitative estimate of drug-likeness (QED) is 0.651. The number of carboxylic acid groups (broad SMARTS) is 1. The van der Waals surface area contributed by atoms with Gasteiger partial charge in [-0.1, -0.05) is 36.4 Å². The second-order valence-electron chi connectivity index (χ2n) is 7.63. The van der Waals surface area contributed by atoms with Crippen LogP contribution in [-0.4, -0.2) is 29.4 Å². The van der Waals surface area contributed by atoms with E-state index in [0.717, 1.165) is 5.46 Å². The molecule has 0 saturated carbocycles. The van der Waals surface area contributed by atoms with Crippen molar-refractivity contribution < 1.29 is 23.6 Å². The van der Waals surface area contributed by atoms with Crippen LogP contribution in [0.25, 0.3) is 11.9 Å². The summed E-state index contributed by atoms with van der Waals surface area (Å²) in [6.45, 7) is 7.88. The monoisotopic (exact) mass is 368 g/mol. The lowest BCUT2D eigenvalue weighted by atomic mass is 9.78. The molecule has 0 bridgehead atoms. The third kappa shape index (κ3) is 3.97. The highest BCUT2D eigenvalue weighted by molar-refractivity contribution is 6.62. The highest BCUT2D eigenvalue weighted by atomic mass is 19.1. The van der Waals surface area contributed by atoms with E-state index in [0.29, 0.717) is 11.1 Å². The van der Waals surface area contributed by atoms with Gasteiger partial charge in [0.25, 0.3) is 0 Å². The fourth-order valence-electron chi connectivity index (χ4n) is 2.76. The molecule has 0 aromatic heterocycles. The number of rotatable bonds is 4. The van der Waals surface area contributed by atoms with Gasteiger partial charge in [0.05, 0.1) is 16.8 Å². The van der Waals surface area contributed by atoms with Crippen molar-refractivity contribution in [1.29, 1.82) is 0 Å². The van der Waals surface area contributed by atoms with Crippen LogP contribution < -0.4 is 5.46 Å². The molecule has 1 heterocycles. The van der Waals surface area contributed by atoms with E-state index < -0.39 is 30.1 Å². The third-order valence-electron chi connectivity index (χ3n) is 5.14. The predicted octanol–water partition coefficient (Wildman–Crippen LogP) is 4.15. The molecule has 0 radical (unpaired) electrons. The molecule has 1 aliphatic rings. The number of halogens is 1. The van der Waals surface area contributed by atoms with Crippen molar-refractivity contribution in [3.05, 3.63) is 65.2 Å². The van der Waals surface area contributed by atoms with Gasteiger partial charge in [0, 0.05) is 5.56 Å². The largest absolute Gasteiger partial charge is 0.494 e. The molecule has 6 heteroatoms. The van der Waals surface area contributed by atoms with Gasteiger partial charge in [-0.05, 0) is 56.9 Å². The molecule has 27 heavy (non-hydrogen) atoms. The standard InChI is InChI=1S/C21H22BFO4/c1-20(2)21(3,4)27-22(26-20)17-7-5-6-16(13-17)18(23)12-14-8-10-15(11-9-14)19(24)25/h5-13H,1-4H3,(H,24,25). The summed E-state index contributed by atoms with van der Waals surface area (Å²) >= 11 is 0. The molecule has 0 spiro atoms. The molecule has 0 unspecified atom stereocenters. The summed E-state index contributed by atoms with van der Waals surface area (Å²) in [6, 6.07) is 13.0. The first-order valence-corrected chi connectivity index (χ1v) is 8.76. The number of carbonyl (C=O) groups is 1. The summed E-state index contributed by atoms with van der Waals surface area (Å²) in [7, 11) is -0.558. The molecule has 2 aromatic rings. The van der Waals surface area contributed by atoms with Crippen LogP contribution in [0.3, 0.4) is 0 Å². The average Bonchev–Trinajstić information content (AvgIpc) is 2.83. The summed E-state index contributed by atoms with van der Waals surface area (Å²) in [4.78, 5) is 10.9. The van der Waals surface area contributed by atoms with E-state index in [1.807, 2.05) is 33.8 Å². The van der Waals surface area contributed by atoms with Crippen molar-refractivity contribution in [3.63, 3.8) is 0 Å². The average molecular weight is 368 g/mol. The van der Waals surface area contributed by atoms with Crippen molar-refractivity contribution in [1.82, 2.24) is 0 Å². The summed E-state index contributed by atoms with van der Waals surface area (Å²) in [6.07, 6.45) is 1.37. The lowest BCUT2D eigenvalue weighted by Crippen LogP contribution is -2.41. The molecule has 1 N–H and O–H groups in total. The summed E-state index contributed by atoms with van der Waals surface area (Å²) in [5.74, 6) is -1.43. The number of carboxylic acids is 1. The van der Waals surface area contributed by atoms with Crippen molar-refractivity contribution in [2.45, 2.75) is 38.9 Å². The van der Waals surface area contributed by atoms with Gasteiger partial charge < -0.3 is 14.4 Å². The van der Waals surface area contributed by atoms with Crippen LogP contribution in [0.15, 0.2) is 48.5 Å². The second kappa shape index (κ2) is 6.95. The second-order valence-corrected chi connectivity index (χ2v) is 7.63. The zero-order valence-corrected chi connectivity index (χ0v) is 15.8. The topological polar surface area (TPSA) is 55.8 Å². The number of hydrogen-bond acceptors (Lipinski definition) is 3. The van der Waals surface area contributed by atoms with Gasteiger partial charge in [-0.3, -0.25) is 0 Å². The molecule has 140 valence electrons. The Balaban J connectivity index is 1.84. The fraction of sp³-hybridized carbons (Fsp3) is 0.286. The van der Waals surface area contributed by atoms with Gasteiger partial charge in [0.15, 0.2) is 0 Å². The van der Waals surface area contributed by atoms with Crippen molar-refractivity contribution in [3.8, 4) is 0 Å². The Bertz CT molecular complexity index is 871. The van der Waals surface area contributed by atoms with Crippen LogP contribution in [-0.2, 0) is 9.31 Å². The van der Waals surface area contributed by atoms with E-state index >= 15 is 0 Å². The van der Waals surface area contributed by atoms with Crippen LogP contribution in [0, 0.1) is 0 Å². The molecule has 3 rings (SSSR count). The minimum Gasteiger partial charge on any atom is -0.478 e. The highest BCUT2D eigenvalue weighted by Crippen LogP contribution is 2.36. The van der Waals surface area contributed by atoms with E-state index in [2.05, 4.69) is 0 Å². The number of aromatic carboxylic acids is 1. The predicted molar refractivity (Wildman–Crippen MR) is 105 cm³/mol. The molecule has 1 saturated heterocycles. The fourth-order valence-corrected chi connectivity index (χ4v) is 2.76. The molecule has 0 aliphatic carbocycles. The van der Waals surface area contributed by atoms with E-state index in [-0.39, 0.29) is 5.56 Å². The lowest BCUT2D eigenvalue weighted by molar-refractivity contribution is 0.00578. The van der Waals surface area contributed by atoms with Crippen LogP contribution in [0.4, 0.5) is 4.39 Å². The van der Waals surface area contributed by atoms with Crippen molar-refractivity contribution >= 4 is 30.5 Å². The smallest absolute Gasteiger partial charge is 0.478 e. The molecular weight excluding hydrogens is 346 g/mol. The SMILES string of the molecule is CC1(C)OB(c2cccc(C(F)=Cc3ccc(C(=O)O)cc3)c2)OC1(C)C. The molecule has 4 nitrogen and oxygen atoms in total. The Morgan fingerprint density at radius 2 is 1.59 bits per heavy atom. The lowest BCUT2D eigenvalue weighted by Gasteiger charge is -2.32. The molecule has 0 amide bonds. The molecule has 0 atom stereocenters. The minimum absolute atomic E-state index is 0.162. The van der Waals surface area contributed by atoms with E-state index in [1.165, 1.54) is 18.2 Å². The number of hydrogen-bond donors (Lipinski definition) is 1. The molecule has 1 fully saturated rings. The van der Waals surface area contributed by atoms with Crippen molar-refractivity contribution in [2.24, 2.45) is 0 Å². The first kappa shape index (κ1) is 19.3. The van der Waals surface area contributed by atoms with Gasteiger partial charge in [0.1, 0.15) is 5.83 Å². The Kier molecular flexibility index (Phi) is 4.97. The van der Waals surface area contributed by atoms with E-state index in [4.69, 9.17) is 14.4 Å². The Morgan fingerprint density at radius 1 is 1.00 bits per heavy atom. The number of benzene rings is 2. The van der Waals surface area contributed by atoms with E-state index in [1.54, 1.807) is 30.3 Å². The Labute approximate surface area is 158 Å². The zero-order chi connectivity index (χ0) is 19.8. The van der Waals surface area contributed by atoms with Crippen LogP contribution in [0.1, 0.15) is 49.2 Å². The van der Waals surface area contributed by atoms with Crippen LogP contribution >= 0.6 is 0 Å². The van der Waals surface area contributed by atoms with Gasteiger partial charge in [0.2, 0.25) is 0 Å². The summed E-state index contributed by atoms with van der Waals surface area (Å²) in [5, 5.41) is 8.93. The third-order valence-corrected chi connectivity index (χ3v) is 5.14.